The molecule has 0 atom stereocenters. The molecule has 46 heavy (non-hydrogen) atoms. The number of benzene rings is 5. The second-order valence-electron chi connectivity index (χ2n) is 11.8. The van der Waals surface area contributed by atoms with E-state index in [1.807, 2.05) is 72.8 Å². The van der Waals surface area contributed by atoms with E-state index in [1.54, 1.807) is 12.1 Å². The van der Waals surface area contributed by atoms with E-state index in [1.165, 1.54) is 23.8 Å². The number of imidazole rings is 1. The standard InChI is InChI=1S/C34H21N5O2.C5H12/c40-33-21-12-8-11-20-22-17-24(31-35-25-13-4-5-14-26(25)36-31)32-37-27-15-6-7-16-28(27)39(32)29(22)18-23(30(20)21)34(41)38(33)19-9-2-1-3-10-19;1-3-5-4-2/h1-18,31,35-36H;3-5H2,1-2H3. The van der Waals surface area contributed by atoms with Crippen molar-refractivity contribution < 1.29 is 0 Å². The average molecular weight is 604 g/mol. The summed E-state index contributed by atoms with van der Waals surface area (Å²) in [7, 11) is 0. The summed E-state index contributed by atoms with van der Waals surface area (Å²) in [5.74, 6) is 0. The predicted octanol–water partition coefficient (Wildman–Crippen LogP) is 8.63. The van der Waals surface area contributed by atoms with E-state index in [4.69, 9.17) is 4.98 Å². The summed E-state index contributed by atoms with van der Waals surface area (Å²) < 4.78 is 3.43. The van der Waals surface area contributed by atoms with Crippen molar-refractivity contribution in [2.75, 3.05) is 10.6 Å². The zero-order chi connectivity index (χ0) is 31.4. The van der Waals surface area contributed by atoms with Crippen molar-refractivity contribution in [3.05, 3.63) is 135 Å². The molecule has 0 bridgehead atoms. The molecule has 8 aromatic rings. The summed E-state index contributed by atoms with van der Waals surface area (Å²) in [6.45, 7) is 4.42. The van der Waals surface area contributed by atoms with Gasteiger partial charge in [-0.2, -0.15) is 0 Å². The Morgan fingerprint density at radius 1 is 0.652 bits per heavy atom. The maximum atomic E-state index is 14.1. The van der Waals surface area contributed by atoms with Crippen molar-refractivity contribution in [3.63, 3.8) is 0 Å². The van der Waals surface area contributed by atoms with Crippen LogP contribution >= 0.6 is 0 Å². The van der Waals surface area contributed by atoms with Crippen LogP contribution in [0.25, 0.3) is 54.8 Å². The Labute approximate surface area is 265 Å². The summed E-state index contributed by atoms with van der Waals surface area (Å²) in [5, 5.41) is 10.7. The molecule has 4 heterocycles. The molecule has 0 unspecified atom stereocenters. The molecular formula is C39H33N5O2. The van der Waals surface area contributed by atoms with Crippen LogP contribution < -0.4 is 21.8 Å². The lowest BCUT2D eigenvalue weighted by Crippen LogP contribution is -2.31. The topological polar surface area (TPSA) is 80.4 Å². The molecule has 1 aliphatic rings. The molecule has 0 amide bonds. The van der Waals surface area contributed by atoms with Gasteiger partial charge in [-0.15, -0.1) is 0 Å². The number of rotatable bonds is 4. The summed E-state index contributed by atoms with van der Waals surface area (Å²) in [5.41, 5.74) is 6.43. The highest BCUT2D eigenvalue weighted by atomic mass is 16.2. The van der Waals surface area contributed by atoms with Crippen LogP contribution in [0.1, 0.15) is 44.8 Å². The molecule has 7 nitrogen and oxygen atoms in total. The lowest BCUT2D eigenvalue weighted by Gasteiger charge is -2.18. The van der Waals surface area contributed by atoms with Gasteiger partial charge in [0.05, 0.1) is 39.0 Å². The van der Waals surface area contributed by atoms with Crippen LogP contribution in [0.2, 0.25) is 0 Å². The lowest BCUT2D eigenvalue weighted by molar-refractivity contribution is 0.772. The summed E-state index contributed by atoms with van der Waals surface area (Å²) in [4.78, 5) is 32.9. The Morgan fingerprint density at radius 3 is 2.02 bits per heavy atom. The van der Waals surface area contributed by atoms with Gasteiger partial charge in [0, 0.05) is 21.7 Å². The molecule has 1 aliphatic heterocycles. The summed E-state index contributed by atoms with van der Waals surface area (Å²) in [6.07, 6.45) is 3.87. The largest absolute Gasteiger partial charge is 0.360 e. The number of hydrogen-bond donors (Lipinski definition) is 2. The van der Waals surface area contributed by atoms with Crippen molar-refractivity contribution in [3.8, 4) is 5.69 Å². The maximum Gasteiger partial charge on any atom is 0.266 e. The number of anilines is 2. The number of nitrogens with one attached hydrogen (secondary N) is 2. The molecule has 5 aromatic carbocycles. The molecule has 0 radical (unpaired) electrons. The number of unbranched alkanes of at least 4 members (excludes halogenated alkanes) is 2. The number of nitrogens with zero attached hydrogens (tertiary/aromatic N) is 3. The van der Waals surface area contributed by atoms with Crippen molar-refractivity contribution in [2.45, 2.75) is 39.3 Å². The number of aromatic nitrogens is 3. The molecule has 9 rings (SSSR count). The van der Waals surface area contributed by atoms with E-state index in [9.17, 15) is 9.59 Å². The maximum absolute atomic E-state index is 14.1. The summed E-state index contributed by atoms with van der Waals surface area (Å²) in [6, 6.07) is 35.1. The molecule has 226 valence electrons. The van der Waals surface area contributed by atoms with Crippen LogP contribution in [-0.4, -0.2) is 14.0 Å². The normalized spacial score (nSPS) is 12.8. The Morgan fingerprint density at radius 2 is 1.30 bits per heavy atom. The molecule has 2 N–H and O–H groups in total. The molecule has 0 spiro atoms. The van der Waals surface area contributed by atoms with Gasteiger partial charge in [-0.1, -0.05) is 87.7 Å². The quantitative estimate of drug-likeness (QED) is 0.156. The van der Waals surface area contributed by atoms with Crippen molar-refractivity contribution in [1.29, 1.82) is 0 Å². The third kappa shape index (κ3) is 4.23. The SMILES string of the molecule is CCCCC.O=c1c2cccc3c4cc(C5Nc6ccccc6N5)c5nc6ccccc6n5c4cc(c(=O)n1-c1ccccc1)c23. The molecule has 0 aliphatic carbocycles. The van der Waals surface area contributed by atoms with Gasteiger partial charge in [-0.3, -0.25) is 14.0 Å². The zero-order valence-corrected chi connectivity index (χ0v) is 25.7. The van der Waals surface area contributed by atoms with Gasteiger partial charge in [0.1, 0.15) is 11.8 Å². The minimum Gasteiger partial charge on any atom is -0.360 e. The van der Waals surface area contributed by atoms with Crippen LogP contribution in [0.5, 0.6) is 0 Å². The van der Waals surface area contributed by atoms with E-state index in [2.05, 4.69) is 53.1 Å². The van der Waals surface area contributed by atoms with E-state index < -0.39 is 0 Å². The Hall–Kier alpha value is -5.69. The van der Waals surface area contributed by atoms with Crippen molar-refractivity contribution in [2.24, 2.45) is 0 Å². The first-order valence-electron chi connectivity index (χ1n) is 15.9. The molecule has 0 saturated heterocycles. The van der Waals surface area contributed by atoms with E-state index in [0.717, 1.165) is 49.9 Å². The molecule has 0 fully saturated rings. The highest BCUT2D eigenvalue weighted by Gasteiger charge is 2.26. The van der Waals surface area contributed by atoms with Gasteiger partial charge >= 0.3 is 0 Å². The Balaban J connectivity index is 0.000000583. The first-order valence-corrected chi connectivity index (χ1v) is 15.9. The highest BCUT2D eigenvalue weighted by molar-refractivity contribution is 6.21. The monoisotopic (exact) mass is 603 g/mol. The van der Waals surface area contributed by atoms with E-state index >= 15 is 0 Å². The van der Waals surface area contributed by atoms with Gasteiger partial charge in [-0.05, 0) is 60.0 Å². The van der Waals surface area contributed by atoms with Gasteiger partial charge in [0.2, 0.25) is 0 Å². The minimum atomic E-state index is -0.331. The van der Waals surface area contributed by atoms with Crippen LogP contribution in [0.3, 0.4) is 0 Å². The van der Waals surface area contributed by atoms with Gasteiger partial charge < -0.3 is 10.6 Å². The molecule has 0 saturated carbocycles. The second-order valence-corrected chi connectivity index (χ2v) is 11.8. The Bertz CT molecular complexity index is 2510. The van der Waals surface area contributed by atoms with Gasteiger partial charge in [0.25, 0.3) is 11.1 Å². The van der Waals surface area contributed by atoms with Gasteiger partial charge in [0.15, 0.2) is 0 Å². The molecular weight excluding hydrogens is 570 g/mol. The van der Waals surface area contributed by atoms with Gasteiger partial charge in [-0.25, -0.2) is 9.55 Å². The fraction of sp³-hybridized carbons (Fsp3) is 0.154. The third-order valence-corrected chi connectivity index (χ3v) is 8.97. The molecule has 3 aromatic heterocycles. The highest BCUT2D eigenvalue weighted by Crippen LogP contribution is 2.40. The van der Waals surface area contributed by atoms with Crippen molar-refractivity contribution in [1.82, 2.24) is 14.0 Å². The van der Waals surface area contributed by atoms with Crippen LogP contribution in [0.4, 0.5) is 11.4 Å². The van der Waals surface area contributed by atoms with Crippen molar-refractivity contribution >= 4 is 60.5 Å². The smallest absolute Gasteiger partial charge is 0.266 e. The summed E-state index contributed by atoms with van der Waals surface area (Å²) >= 11 is 0. The van der Waals surface area contributed by atoms with Crippen LogP contribution in [0, 0.1) is 0 Å². The fourth-order valence-corrected chi connectivity index (χ4v) is 6.81. The lowest BCUT2D eigenvalue weighted by atomic mass is 9.97. The van der Waals surface area contributed by atoms with Crippen LogP contribution in [-0.2, 0) is 0 Å². The Kier molecular flexibility index (Phi) is 6.68. The fourth-order valence-electron chi connectivity index (χ4n) is 6.81. The number of fused-ring (bicyclic) bond motifs is 7. The van der Waals surface area contributed by atoms with Crippen LogP contribution in [0.15, 0.2) is 119 Å². The number of pyridine rings is 2. The van der Waals surface area contributed by atoms with E-state index in [0.29, 0.717) is 21.8 Å². The number of hydrogen-bond acceptors (Lipinski definition) is 5. The molecule has 7 heteroatoms. The predicted molar refractivity (Wildman–Crippen MR) is 190 cm³/mol. The first-order chi connectivity index (χ1) is 22.6. The minimum absolute atomic E-state index is 0.209. The number of para-hydroxylation sites is 5. The average Bonchev–Trinajstić information content (AvgIpc) is 3.70. The zero-order valence-electron chi connectivity index (χ0n) is 25.7. The van der Waals surface area contributed by atoms with E-state index in [-0.39, 0.29) is 17.3 Å². The third-order valence-electron chi connectivity index (χ3n) is 8.97. The second kappa shape index (κ2) is 11.0. The first kappa shape index (κ1) is 27.8.